The fourth-order valence-electron chi connectivity index (χ4n) is 1.86. The van der Waals surface area contributed by atoms with Crippen molar-refractivity contribution in [3.8, 4) is 5.75 Å². The van der Waals surface area contributed by atoms with E-state index in [-0.39, 0.29) is 12.2 Å². The first kappa shape index (κ1) is 11.8. The lowest BCUT2D eigenvalue weighted by Gasteiger charge is -2.32. The highest BCUT2D eigenvalue weighted by Gasteiger charge is 2.51. The lowest BCUT2D eigenvalue weighted by molar-refractivity contribution is -0.217. The van der Waals surface area contributed by atoms with Gasteiger partial charge in [-0.2, -0.15) is 13.2 Å². The predicted molar refractivity (Wildman–Crippen MR) is 51.7 cm³/mol. The summed E-state index contributed by atoms with van der Waals surface area (Å²) in [4.78, 5) is 10.8. The second kappa shape index (κ2) is 3.94. The quantitative estimate of drug-likeness (QED) is 0.826. The van der Waals surface area contributed by atoms with Gasteiger partial charge in [0.05, 0.1) is 0 Å². The Labute approximate surface area is 94.8 Å². The Kier molecular flexibility index (Phi) is 2.73. The average molecular weight is 246 g/mol. The standard InChI is InChI=1S/C11H9F3O3/c12-11(13,14)9-7(10(15)16)5-6-3-1-2-4-8(6)17-9/h1-4,7,9H,5H2,(H,15,16)/t7-,9-/m0/s1. The number of para-hydroxylation sites is 1. The third-order valence-electron chi connectivity index (χ3n) is 2.67. The molecule has 0 amide bonds. The minimum atomic E-state index is -4.68. The number of hydrogen-bond donors (Lipinski definition) is 1. The van der Waals surface area contributed by atoms with Crippen molar-refractivity contribution in [3.63, 3.8) is 0 Å². The van der Waals surface area contributed by atoms with Gasteiger partial charge in [-0.15, -0.1) is 0 Å². The molecular formula is C11H9F3O3. The van der Waals surface area contributed by atoms with Crippen molar-refractivity contribution >= 4 is 5.97 Å². The highest BCUT2D eigenvalue weighted by atomic mass is 19.4. The van der Waals surface area contributed by atoms with Crippen LogP contribution in [0.4, 0.5) is 13.2 Å². The number of fused-ring (bicyclic) bond motifs is 1. The summed E-state index contributed by atoms with van der Waals surface area (Å²) in [5.41, 5.74) is 0.486. The first-order valence-electron chi connectivity index (χ1n) is 4.93. The van der Waals surface area contributed by atoms with Crippen LogP contribution in [0.5, 0.6) is 5.75 Å². The highest BCUT2D eigenvalue weighted by Crippen LogP contribution is 2.38. The van der Waals surface area contributed by atoms with Crippen LogP contribution in [-0.2, 0) is 11.2 Å². The first-order valence-corrected chi connectivity index (χ1v) is 4.93. The predicted octanol–water partition coefficient (Wildman–Crippen LogP) is 2.25. The summed E-state index contributed by atoms with van der Waals surface area (Å²) >= 11 is 0. The van der Waals surface area contributed by atoms with Crippen LogP contribution < -0.4 is 4.74 Å². The zero-order valence-electron chi connectivity index (χ0n) is 8.57. The maximum absolute atomic E-state index is 12.7. The van der Waals surface area contributed by atoms with Crippen LogP contribution in [0.3, 0.4) is 0 Å². The van der Waals surface area contributed by atoms with Gasteiger partial charge in [0.25, 0.3) is 0 Å². The largest absolute Gasteiger partial charge is 0.481 e. The third-order valence-corrected chi connectivity index (χ3v) is 2.67. The minimum Gasteiger partial charge on any atom is -0.481 e. The Balaban J connectivity index is 2.38. The number of benzene rings is 1. The molecule has 2 rings (SSSR count). The molecule has 0 saturated carbocycles. The van der Waals surface area contributed by atoms with Crippen LogP contribution in [0, 0.1) is 5.92 Å². The van der Waals surface area contributed by atoms with Crippen molar-refractivity contribution < 1.29 is 27.8 Å². The molecule has 0 spiro atoms. The van der Waals surface area contributed by atoms with Gasteiger partial charge in [-0.3, -0.25) is 4.79 Å². The van der Waals surface area contributed by atoms with Crippen LogP contribution >= 0.6 is 0 Å². The van der Waals surface area contributed by atoms with Crippen molar-refractivity contribution in [2.45, 2.75) is 18.7 Å². The van der Waals surface area contributed by atoms with E-state index in [2.05, 4.69) is 0 Å². The molecule has 0 bridgehead atoms. The summed E-state index contributed by atoms with van der Waals surface area (Å²) in [5, 5.41) is 8.82. The zero-order chi connectivity index (χ0) is 12.6. The van der Waals surface area contributed by atoms with E-state index < -0.39 is 24.2 Å². The number of rotatable bonds is 1. The molecule has 0 unspecified atom stereocenters. The maximum atomic E-state index is 12.7. The number of halogens is 3. The summed E-state index contributed by atoms with van der Waals surface area (Å²) in [6.07, 6.45) is -7.14. The van der Waals surface area contributed by atoms with E-state index in [9.17, 15) is 18.0 Å². The van der Waals surface area contributed by atoms with E-state index in [0.29, 0.717) is 5.56 Å². The van der Waals surface area contributed by atoms with Gasteiger partial charge in [0.15, 0.2) is 0 Å². The smallest absolute Gasteiger partial charge is 0.426 e. The van der Waals surface area contributed by atoms with Crippen molar-refractivity contribution in [1.29, 1.82) is 0 Å². The van der Waals surface area contributed by atoms with E-state index in [1.165, 1.54) is 6.07 Å². The number of carboxylic acids is 1. The van der Waals surface area contributed by atoms with Gasteiger partial charge in [-0.1, -0.05) is 18.2 Å². The molecule has 0 fully saturated rings. The van der Waals surface area contributed by atoms with E-state index in [1.54, 1.807) is 18.2 Å². The molecule has 1 heterocycles. The SMILES string of the molecule is O=C(O)[C@H]1Cc2ccccc2O[C@@H]1C(F)(F)F. The van der Waals surface area contributed by atoms with Crippen molar-refractivity contribution in [2.24, 2.45) is 5.92 Å². The van der Waals surface area contributed by atoms with Crippen molar-refractivity contribution in [3.05, 3.63) is 29.8 Å². The molecule has 1 aromatic rings. The fourth-order valence-corrected chi connectivity index (χ4v) is 1.86. The van der Waals surface area contributed by atoms with E-state index in [4.69, 9.17) is 9.84 Å². The zero-order valence-corrected chi connectivity index (χ0v) is 8.57. The molecule has 2 atom stereocenters. The highest BCUT2D eigenvalue weighted by molar-refractivity contribution is 5.72. The van der Waals surface area contributed by atoms with Gasteiger partial charge in [0, 0.05) is 0 Å². The van der Waals surface area contributed by atoms with Crippen molar-refractivity contribution in [1.82, 2.24) is 0 Å². The Morgan fingerprint density at radius 1 is 1.35 bits per heavy atom. The Morgan fingerprint density at radius 2 is 2.00 bits per heavy atom. The maximum Gasteiger partial charge on any atom is 0.426 e. The molecule has 6 heteroatoms. The molecule has 3 nitrogen and oxygen atoms in total. The van der Waals surface area contributed by atoms with E-state index in [1.807, 2.05) is 0 Å². The van der Waals surface area contributed by atoms with Gasteiger partial charge in [0.2, 0.25) is 6.10 Å². The van der Waals surface area contributed by atoms with Gasteiger partial charge >= 0.3 is 12.1 Å². The van der Waals surface area contributed by atoms with E-state index in [0.717, 1.165) is 0 Å². The normalized spacial score (nSPS) is 23.7. The topological polar surface area (TPSA) is 46.5 Å². The monoisotopic (exact) mass is 246 g/mol. The van der Waals surface area contributed by atoms with Gasteiger partial charge in [0.1, 0.15) is 11.7 Å². The lowest BCUT2D eigenvalue weighted by Crippen LogP contribution is -2.47. The van der Waals surface area contributed by atoms with Crippen LogP contribution in [0.25, 0.3) is 0 Å². The van der Waals surface area contributed by atoms with Crippen LogP contribution in [0.1, 0.15) is 5.56 Å². The minimum absolute atomic E-state index is 0.104. The fraction of sp³-hybridized carbons (Fsp3) is 0.364. The molecule has 0 aromatic heterocycles. The molecule has 0 aliphatic carbocycles. The number of aliphatic carboxylic acids is 1. The summed E-state index contributed by atoms with van der Waals surface area (Å²) in [5.74, 6) is -2.99. The number of carboxylic acid groups (broad SMARTS) is 1. The Morgan fingerprint density at radius 3 is 2.59 bits per heavy atom. The Hall–Kier alpha value is -1.72. The van der Waals surface area contributed by atoms with Gasteiger partial charge in [-0.05, 0) is 18.1 Å². The molecular weight excluding hydrogens is 237 g/mol. The van der Waals surface area contributed by atoms with Crippen LogP contribution in [0.15, 0.2) is 24.3 Å². The molecule has 0 saturated heterocycles. The number of carbonyl (C=O) groups is 1. The molecule has 1 aliphatic rings. The molecule has 17 heavy (non-hydrogen) atoms. The summed E-state index contributed by atoms with van der Waals surface area (Å²) in [6.45, 7) is 0. The van der Waals surface area contributed by atoms with Crippen LogP contribution in [0.2, 0.25) is 0 Å². The van der Waals surface area contributed by atoms with Crippen LogP contribution in [-0.4, -0.2) is 23.4 Å². The second-order valence-corrected chi connectivity index (χ2v) is 3.84. The van der Waals surface area contributed by atoms with E-state index >= 15 is 0 Å². The second-order valence-electron chi connectivity index (χ2n) is 3.84. The third kappa shape index (κ3) is 2.20. The molecule has 1 N–H and O–H groups in total. The van der Waals surface area contributed by atoms with Gasteiger partial charge < -0.3 is 9.84 Å². The first-order chi connectivity index (χ1) is 7.89. The van der Waals surface area contributed by atoms with Gasteiger partial charge in [-0.25, -0.2) is 0 Å². The molecule has 1 aromatic carbocycles. The molecule has 0 radical (unpaired) electrons. The average Bonchev–Trinajstić information content (AvgIpc) is 2.26. The Bertz CT molecular complexity index is 442. The number of hydrogen-bond acceptors (Lipinski definition) is 2. The number of ether oxygens (including phenoxy) is 1. The summed E-state index contributed by atoms with van der Waals surface area (Å²) in [6, 6.07) is 6.16. The molecule has 1 aliphatic heterocycles. The summed E-state index contributed by atoms with van der Waals surface area (Å²) < 4.78 is 42.7. The number of alkyl halides is 3. The summed E-state index contributed by atoms with van der Waals surface area (Å²) in [7, 11) is 0. The van der Waals surface area contributed by atoms with Crippen molar-refractivity contribution in [2.75, 3.05) is 0 Å². The molecule has 92 valence electrons. The lowest BCUT2D eigenvalue weighted by atomic mass is 9.90.